The lowest BCUT2D eigenvalue weighted by Gasteiger charge is -2.13. The van der Waals surface area contributed by atoms with Gasteiger partial charge in [0.25, 0.3) is 5.91 Å². The maximum absolute atomic E-state index is 12.0. The van der Waals surface area contributed by atoms with Gasteiger partial charge in [0.1, 0.15) is 5.15 Å². The minimum Gasteiger partial charge on any atom is -0.345 e. The van der Waals surface area contributed by atoms with E-state index in [1.54, 1.807) is 11.3 Å². The van der Waals surface area contributed by atoms with Crippen LogP contribution in [0.5, 0.6) is 0 Å². The third kappa shape index (κ3) is 3.02. The van der Waals surface area contributed by atoms with Crippen LogP contribution in [-0.4, -0.2) is 10.9 Å². The Balaban J connectivity index is 2.15. The SMILES string of the molecule is CC(NC(=O)c1cc(Cl)ncc1Cl)c1ccsc1. The highest BCUT2D eigenvalue weighted by atomic mass is 35.5. The molecule has 2 rings (SSSR count). The Hall–Kier alpha value is -1.10. The standard InChI is InChI=1S/C12H10Cl2N2OS/c1-7(8-2-3-18-6-8)16-12(17)9-4-11(14)15-5-10(9)13/h2-7H,1H3,(H,16,17). The number of halogens is 2. The van der Waals surface area contributed by atoms with E-state index in [0.29, 0.717) is 5.56 Å². The number of nitrogens with one attached hydrogen (secondary N) is 1. The molecule has 1 atom stereocenters. The number of hydrogen-bond acceptors (Lipinski definition) is 3. The third-order valence-electron chi connectivity index (χ3n) is 2.46. The van der Waals surface area contributed by atoms with Crippen LogP contribution in [0.2, 0.25) is 10.2 Å². The molecule has 0 fully saturated rings. The smallest absolute Gasteiger partial charge is 0.253 e. The van der Waals surface area contributed by atoms with Gasteiger partial charge < -0.3 is 5.32 Å². The summed E-state index contributed by atoms with van der Waals surface area (Å²) in [4.78, 5) is 15.9. The fourth-order valence-electron chi connectivity index (χ4n) is 1.47. The average molecular weight is 301 g/mol. The van der Waals surface area contributed by atoms with E-state index >= 15 is 0 Å². The molecule has 18 heavy (non-hydrogen) atoms. The summed E-state index contributed by atoms with van der Waals surface area (Å²) in [7, 11) is 0. The van der Waals surface area contributed by atoms with Gasteiger partial charge in [0.2, 0.25) is 0 Å². The van der Waals surface area contributed by atoms with Crippen molar-refractivity contribution in [3.63, 3.8) is 0 Å². The van der Waals surface area contributed by atoms with Crippen LogP contribution in [0.3, 0.4) is 0 Å². The van der Waals surface area contributed by atoms with E-state index in [-0.39, 0.29) is 22.1 Å². The van der Waals surface area contributed by atoms with E-state index in [0.717, 1.165) is 5.56 Å². The molecule has 2 heterocycles. The molecule has 0 saturated carbocycles. The van der Waals surface area contributed by atoms with Crippen molar-refractivity contribution in [1.82, 2.24) is 10.3 Å². The molecule has 0 aromatic carbocycles. The Morgan fingerprint density at radius 1 is 1.50 bits per heavy atom. The molecular formula is C12H10Cl2N2OS. The summed E-state index contributed by atoms with van der Waals surface area (Å²) in [5.74, 6) is -0.261. The fraction of sp³-hybridized carbons (Fsp3) is 0.167. The number of rotatable bonds is 3. The summed E-state index contributed by atoms with van der Waals surface area (Å²) < 4.78 is 0. The summed E-state index contributed by atoms with van der Waals surface area (Å²) in [5, 5.41) is 7.35. The minimum absolute atomic E-state index is 0.0771. The number of carbonyl (C=O) groups excluding carboxylic acids is 1. The average Bonchev–Trinajstić information content (AvgIpc) is 2.85. The maximum Gasteiger partial charge on any atom is 0.253 e. The molecule has 2 aromatic rings. The Bertz CT molecular complexity index is 557. The summed E-state index contributed by atoms with van der Waals surface area (Å²) >= 11 is 13.3. The predicted octanol–water partition coefficient (Wildman–Crippen LogP) is 3.94. The highest BCUT2D eigenvalue weighted by molar-refractivity contribution is 7.07. The second-order valence-corrected chi connectivity index (χ2v) is 5.31. The number of thiophene rings is 1. The van der Waals surface area contributed by atoms with Crippen LogP contribution in [0.15, 0.2) is 29.1 Å². The summed E-state index contributed by atoms with van der Waals surface area (Å²) in [5.41, 5.74) is 1.39. The molecule has 0 saturated heterocycles. The molecule has 0 radical (unpaired) electrons. The summed E-state index contributed by atoms with van der Waals surface area (Å²) in [6.45, 7) is 1.91. The Kier molecular flexibility index (Phi) is 4.22. The van der Waals surface area contributed by atoms with Crippen molar-refractivity contribution < 1.29 is 4.79 Å². The lowest BCUT2D eigenvalue weighted by atomic mass is 10.1. The predicted molar refractivity (Wildman–Crippen MR) is 74.5 cm³/mol. The van der Waals surface area contributed by atoms with Crippen LogP contribution in [0.4, 0.5) is 0 Å². The molecule has 0 aliphatic heterocycles. The molecule has 94 valence electrons. The molecule has 0 aliphatic rings. The molecule has 3 nitrogen and oxygen atoms in total. The van der Waals surface area contributed by atoms with Crippen LogP contribution < -0.4 is 5.32 Å². The van der Waals surface area contributed by atoms with Crippen molar-refractivity contribution in [3.05, 3.63) is 50.4 Å². The van der Waals surface area contributed by atoms with Crippen LogP contribution in [0, 0.1) is 0 Å². The first-order valence-electron chi connectivity index (χ1n) is 5.22. The summed E-state index contributed by atoms with van der Waals surface area (Å²) in [6, 6.07) is 3.35. The van der Waals surface area contributed by atoms with Gasteiger partial charge in [0.15, 0.2) is 0 Å². The van der Waals surface area contributed by atoms with E-state index in [1.807, 2.05) is 23.8 Å². The van der Waals surface area contributed by atoms with E-state index in [1.165, 1.54) is 12.3 Å². The third-order valence-corrected chi connectivity index (χ3v) is 3.67. The van der Waals surface area contributed by atoms with Gasteiger partial charge in [-0.25, -0.2) is 4.98 Å². The van der Waals surface area contributed by atoms with Crippen molar-refractivity contribution in [2.24, 2.45) is 0 Å². The van der Waals surface area contributed by atoms with Crippen LogP contribution >= 0.6 is 34.5 Å². The zero-order valence-electron chi connectivity index (χ0n) is 9.48. The lowest BCUT2D eigenvalue weighted by molar-refractivity contribution is 0.0940. The second kappa shape index (κ2) is 5.69. The second-order valence-electron chi connectivity index (χ2n) is 3.74. The van der Waals surface area contributed by atoms with Gasteiger partial charge in [0, 0.05) is 6.20 Å². The zero-order chi connectivity index (χ0) is 13.1. The van der Waals surface area contributed by atoms with Gasteiger partial charge in [-0.15, -0.1) is 0 Å². The topological polar surface area (TPSA) is 42.0 Å². The molecular weight excluding hydrogens is 291 g/mol. The molecule has 2 aromatic heterocycles. The van der Waals surface area contributed by atoms with E-state index in [2.05, 4.69) is 10.3 Å². The van der Waals surface area contributed by atoms with E-state index < -0.39 is 0 Å². The highest BCUT2D eigenvalue weighted by Crippen LogP contribution is 2.20. The lowest BCUT2D eigenvalue weighted by Crippen LogP contribution is -2.26. The Labute approximate surface area is 119 Å². The summed E-state index contributed by atoms with van der Waals surface area (Å²) in [6.07, 6.45) is 1.37. The number of nitrogens with zero attached hydrogens (tertiary/aromatic N) is 1. The number of aromatic nitrogens is 1. The van der Waals surface area contributed by atoms with E-state index in [4.69, 9.17) is 23.2 Å². The molecule has 0 bridgehead atoms. The van der Waals surface area contributed by atoms with Crippen LogP contribution in [0.25, 0.3) is 0 Å². The fourth-order valence-corrected chi connectivity index (χ4v) is 2.57. The van der Waals surface area contributed by atoms with Gasteiger partial charge in [-0.2, -0.15) is 11.3 Å². The van der Waals surface area contributed by atoms with Gasteiger partial charge in [-0.1, -0.05) is 23.2 Å². The van der Waals surface area contributed by atoms with Crippen LogP contribution in [0.1, 0.15) is 28.9 Å². The van der Waals surface area contributed by atoms with Crippen molar-refractivity contribution in [1.29, 1.82) is 0 Å². The molecule has 0 aliphatic carbocycles. The number of hydrogen-bond donors (Lipinski definition) is 1. The van der Waals surface area contributed by atoms with Gasteiger partial charge in [-0.05, 0) is 35.4 Å². The first kappa shape index (κ1) is 13.3. The highest BCUT2D eigenvalue weighted by Gasteiger charge is 2.15. The van der Waals surface area contributed by atoms with Gasteiger partial charge in [0.05, 0.1) is 16.6 Å². The van der Waals surface area contributed by atoms with Crippen molar-refractivity contribution in [2.45, 2.75) is 13.0 Å². The monoisotopic (exact) mass is 300 g/mol. The normalized spacial score (nSPS) is 12.2. The molecule has 0 spiro atoms. The maximum atomic E-state index is 12.0. The first-order valence-corrected chi connectivity index (χ1v) is 6.92. The molecule has 6 heteroatoms. The van der Waals surface area contributed by atoms with Gasteiger partial charge >= 0.3 is 0 Å². The van der Waals surface area contributed by atoms with E-state index in [9.17, 15) is 4.79 Å². The Morgan fingerprint density at radius 2 is 2.28 bits per heavy atom. The Morgan fingerprint density at radius 3 is 2.94 bits per heavy atom. The largest absolute Gasteiger partial charge is 0.345 e. The molecule has 1 amide bonds. The quantitative estimate of drug-likeness (QED) is 0.872. The van der Waals surface area contributed by atoms with Crippen LogP contribution in [-0.2, 0) is 0 Å². The minimum atomic E-state index is -0.261. The number of carbonyl (C=O) groups is 1. The van der Waals surface area contributed by atoms with Gasteiger partial charge in [-0.3, -0.25) is 4.79 Å². The van der Waals surface area contributed by atoms with Crippen molar-refractivity contribution in [3.8, 4) is 0 Å². The zero-order valence-corrected chi connectivity index (χ0v) is 11.8. The number of pyridine rings is 1. The molecule has 1 unspecified atom stereocenters. The van der Waals surface area contributed by atoms with Crippen molar-refractivity contribution in [2.75, 3.05) is 0 Å². The number of amides is 1. The molecule has 1 N–H and O–H groups in total. The first-order chi connectivity index (χ1) is 8.58. The van der Waals surface area contributed by atoms with Crippen molar-refractivity contribution >= 4 is 40.4 Å².